The lowest BCUT2D eigenvalue weighted by Crippen LogP contribution is -2.24. The van der Waals surface area contributed by atoms with E-state index >= 15 is 0 Å². The third kappa shape index (κ3) is 2.52. The molecule has 1 aliphatic rings. The standard InChI is InChI=1S/C17H16N4O2/c22-17(18-9-14-12-7-4-8-13(12)20-21-14)15-16(23-10-19-15)11-5-2-1-3-6-11/h1-3,5-6,10H,4,7-9H2,(H,18,22)(H,20,21). The second-order valence-corrected chi connectivity index (χ2v) is 5.56. The number of H-pyrrole nitrogens is 1. The van der Waals surface area contributed by atoms with Gasteiger partial charge in [-0.3, -0.25) is 9.89 Å². The molecule has 1 aliphatic carbocycles. The van der Waals surface area contributed by atoms with Crippen LogP contribution in [0, 0.1) is 0 Å². The van der Waals surface area contributed by atoms with E-state index in [0.29, 0.717) is 18.0 Å². The topological polar surface area (TPSA) is 83.8 Å². The Balaban J connectivity index is 1.51. The zero-order chi connectivity index (χ0) is 15.6. The van der Waals surface area contributed by atoms with Crippen LogP contribution in [-0.4, -0.2) is 21.1 Å². The molecule has 6 nitrogen and oxygen atoms in total. The van der Waals surface area contributed by atoms with E-state index in [2.05, 4.69) is 20.5 Å². The molecular weight excluding hydrogens is 292 g/mol. The number of hydrogen-bond acceptors (Lipinski definition) is 4. The Morgan fingerprint density at radius 1 is 1.26 bits per heavy atom. The fourth-order valence-corrected chi connectivity index (χ4v) is 2.98. The van der Waals surface area contributed by atoms with Gasteiger partial charge in [-0.15, -0.1) is 0 Å². The number of amides is 1. The number of aryl methyl sites for hydroxylation is 1. The molecule has 0 fully saturated rings. The van der Waals surface area contributed by atoms with Crippen LogP contribution in [0.15, 0.2) is 41.1 Å². The van der Waals surface area contributed by atoms with E-state index in [1.165, 1.54) is 17.7 Å². The summed E-state index contributed by atoms with van der Waals surface area (Å²) in [4.78, 5) is 16.5. The van der Waals surface area contributed by atoms with Gasteiger partial charge in [0.25, 0.3) is 5.91 Å². The van der Waals surface area contributed by atoms with Crippen molar-refractivity contribution >= 4 is 5.91 Å². The lowest BCUT2D eigenvalue weighted by atomic mass is 10.1. The summed E-state index contributed by atoms with van der Waals surface area (Å²) in [6, 6.07) is 9.48. The summed E-state index contributed by atoms with van der Waals surface area (Å²) in [6.07, 6.45) is 4.50. The number of carbonyl (C=O) groups is 1. The zero-order valence-corrected chi connectivity index (χ0v) is 12.5. The minimum Gasteiger partial charge on any atom is -0.443 e. The zero-order valence-electron chi connectivity index (χ0n) is 12.5. The largest absolute Gasteiger partial charge is 0.443 e. The van der Waals surface area contributed by atoms with Gasteiger partial charge >= 0.3 is 0 Å². The maximum atomic E-state index is 12.4. The van der Waals surface area contributed by atoms with E-state index in [1.807, 2.05) is 30.3 Å². The number of carbonyl (C=O) groups excluding carboxylic acids is 1. The lowest BCUT2D eigenvalue weighted by molar-refractivity contribution is 0.0946. The number of nitrogens with zero attached hydrogens (tertiary/aromatic N) is 2. The van der Waals surface area contributed by atoms with Crippen LogP contribution in [0.1, 0.15) is 33.9 Å². The number of hydrogen-bond donors (Lipinski definition) is 2. The summed E-state index contributed by atoms with van der Waals surface area (Å²) in [5.74, 6) is 0.225. The Morgan fingerprint density at radius 2 is 2.13 bits per heavy atom. The van der Waals surface area contributed by atoms with Crippen LogP contribution in [0.3, 0.4) is 0 Å². The van der Waals surface area contributed by atoms with Crippen LogP contribution < -0.4 is 5.32 Å². The molecular formula is C17H16N4O2. The highest BCUT2D eigenvalue weighted by Gasteiger charge is 2.21. The maximum Gasteiger partial charge on any atom is 0.274 e. The molecule has 0 bridgehead atoms. The van der Waals surface area contributed by atoms with Crippen molar-refractivity contribution in [3.05, 3.63) is 59.4 Å². The molecule has 3 aromatic rings. The first-order valence-corrected chi connectivity index (χ1v) is 7.65. The van der Waals surface area contributed by atoms with Crippen molar-refractivity contribution in [1.82, 2.24) is 20.5 Å². The highest BCUT2D eigenvalue weighted by molar-refractivity contribution is 5.97. The van der Waals surface area contributed by atoms with Gasteiger partial charge in [-0.1, -0.05) is 30.3 Å². The van der Waals surface area contributed by atoms with Crippen LogP contribution in [0.2, 0.25) is 0 Å². The molecule has 2 heterocycles. The Kier molecular flexibility index (Phi) is 3.42. The molecule has 0 atom stereocenters. The van der Waals surface area contributed by atoms with E-state index in [-0.39, 0.29) is 5.91 Å². The molecule has 4 rings (SSSR count). The number of benzene rings is 1. The number of nitrogens with one attached hydrogen (secondary N) is 2. The third-order valence-corrected chi connectivity index (χ3v) is 4.13. The molecule has 0 aliphatic heterocycles. The normalized spacial score (nSPS) is 13.0. The van der Waals surface area contributed by atoms with Crippen molar-refractivity contribution in [1.29, 1.82) is 0 Å². The molecule has 2 aromatic heterocycles. The van der Waals surface area contributed by atoms with Crippen molar-refractivity contribution < 1.29 is 9.21 Å². The van der Waals surface area contributed by atoms with Gasteiger partial charge in [-0.2, -0.15) is 5.10 Å². The Morgan fingerprint density at radius 3 is 3.00 bits per heavy atom. The number of fused-ring (bicyclic) bond motifs is 1. The number of aromatic nitrogens is 3. The smallest absolute Gasteiger partial charge is 0.274 e. The van der Waals surface area contributed by atoms with Crippen LogP contribution >= 0.6 is 0 Å². The minimum absolute atomic E-state index is 0.257. The van der Waals surface area contributed by atoms with Gasteiger partial charge in [0.15, 0.2) is 17.8 Å². The first-order chi connectivity index (χ1) is 11.3. The van der Waals surface area contributed by atoms with E-state index in [1.54, 1.807) is 0 Å². The molecule has 0 saturated heterocycles. The van der Waals surface area contributed by atoms with E-state index in [9.17, 15) is 4.79 Å². The number of oxazole rings is 1. The van der Waals surface area contributed by atoms with Gasteiger partial charge in [0.05, 0.1) is 12.2 Å². The van der Waals surface area contributed by atoms with Gasteiger partial charge in [0.1, 0.15) is 0 Å². The average molecular weight is 308 g/mol. The van der Waals surface area contributed by atoms with Crippen LogP contribution in [0.5, 0.6) is 0 Å². The van der Waals surface area contributed by atoms with Gasteiger partial charge in [0, 0.05) is 11.3 Å². The van der Waals surface area contributed by atoms with Crippen LogP contribution in [0.4, 0.5) is 0 Å². The van der Waals surface area contributed by atoms with Crippen molar-refractivity contribution in [3.63, 3.8) is 0 Å². The van der Waals surface area contributed by atoms with E-state index < -0.39 is 0 Å². The SMILES string of the molecule is O=C(NCc1n[nH]c2c1CCC2)c1ncoc1-c1ccccc1. The fraction of sp³-hybridized carbons (Fsp3) is 0.235. The molecule has 6 heteroatoms. The van der Waals surface area contributed by atoms with E-state index in [0.717, 1.165) is 30.5 Å². The quantitative estimate of drug-likeness (QED) is 0.775. The summed E-state index contributed by atoms with van der Waals surface area (Å²) in [7, 11) is 0. The van der Waals surface area contributed by atoms with Crippen molar-refractivity contribution in [3.8, 4) is 11.3 Å². The fourth-order valence-electron chi connectivity index (χ4n) is 2.98. The van der Waals surface area contributed by atoms with Gasteiger partial charge in [-0.25, -0.2) is 4.98 Å². The molecule has 2 N–H and O–H groups in total. The number of rotatable bonds is 4. The summed E-state index contributed by atoms with van der Waals surface area (Å²) in [5.41, 5.74) is 4.48. The first kappa shape index (κ1) is 13.8. The highest BCUT2D eigenvalue weighted by Crippen LogP contribution is 2.24. The Bertz CT molecular complexity index is 835. The predicted molar refractivity (Wildman–Crippen MR) is 83.7 cm³/mol. The second kappa shape index (κ2) is 5.72. The number of aromatic amines is 1. The second-order valence-electron chi connectivity index (χ2n) is 5.56. The van der Waals surface area contributed by atoms with Crippen molar-refractivity contribution in [2.24, 2.45) is 0 Å². The maximum absolute atomic E-state index is 12.4. The molecule has 23 heavy (non-hydrogen) atoms. The summed E-state index contributed by atoms with van der Waals surface area (Å²) in [5, 5.41) is 10.2. The monoisotopic (exact) mass is 308 g/mol. The molecule has 0 saturated carbocycles. The van der Waals surface area contributed by atoms with Crippen molar-refractivity contribution in [2.75, 3.05) is 0 Å². The van der Waals surface area contributed by atoms with Gasteiger partial charge in [0.2, 0.25) is 0 Å². The predicted octanol–water partition coefficient (Wildman–Crippen LogP) is 2.48. The molecule has 1 aromatic carbocycles. The average Bonchev–Trinajstić information content (AvgIpc) is 3.30. The van der Waals surface area contributed by atoms with E-state index in [4.69, 9.17) is 4.42 Å². The molecule has 0 radical (unpaired) electrons. The highest BCUT2D eigenvalue weighted by atomic mass is 16.3. The molecule has 0 spiro atoms. The molecule has 116 valence electrons. The lowest BCUT2D eigenvalue weighted by Gasteiger charge is -2.04. The van der Waals surface area contributed by atoms with Crippen LogP contribution in [0.25, 0.3) is 11.3 Å². The summed E-state index contributed by atoms with van der Waals surface area (Å²) < 4.78 is 5.39. The van der Waals surface area contributed by atoms with Crippen molar-refractivity contribution in [2.45, 2.75) is 25.8 Å². The molecule has 1 amide bonds. The summed E-state index contributed by atoms with van der Waals surface area (Å²) >= 11 is 0. The van der Waals surface area contributed by atoms with Gasteiger partial charge in [-0.05, 0) is 24.8 Å². The third-order valence-electron chi connectivity index (χ3n) is 4.13. The first-order valence-electron chi connectivity index (χ1n) is 7.65. The summed E-state index contributed by atoms with van der Waals surface area (Å²) in [6.45, 7) is 0.395. The van der Waals surface area contributed by atoms with Crippen LogP contribution in [-0.2, 0) is 19.4 Å². The Labute approximate surface area is 132 Å². The minimum atomic E-state index is -0.257. The Hall–Kier alpha value is -2.89. The molecule has 0 unspecified atom stereocenters. The van der Waals surface area contributed by atoms with Gasteiger partial charge < -0.3 is 9.73 Å².